The predicted molar refractivity (Wildman–Crippen MR) is 104 cm³/mol. The molecule has 0 aliphatic heterocycles. The lowest BCUT2D eigenvalue weighted by atomic mass is 9.77. The molecule has 140 valence electrons. The molecule has 0 aromatic heterocycles. The summed E-state index contributed by atoms with van der Waals surface area (Å²) in [5, 5.41) is 0. The molecule has 3 nitrogen and oxygen atoms in total. The molecule has 0 bridgehead atoms. The normalized spacial score (nSPS) is 26.6. The lowest BCUT2D eigenvalue weighted by Gasteiger charge is -2.30. The molecular weight excluding hydrogens is 336 g/mol. The van der Waals surface area contributed by atoms with E-state index in [-0.39, 0.29) is 11.8 Å². The monoisotopic (exact) mass is 362 g/mol. The van der Waals surface area contributed by atoms with Crippen LogP contribution in [0.4, 0.5) is 0 Å². The minimum Gasteiger partial charge on any atom is -0.392 e. The number of rotatable bonds is 2. The second kappa shape index (κ2) is 7.30. The summed E-state index contributed by atoms with van der Waals surface area (Å²) in [6.07, 6.45) is 3.42. The maximum Gasteiger partial charge on any atom is 0.321 e. The van der Waals surface area contributed by atoms with Gasteiger partial charge in [-0.25, -0.2) is 0 Å². The van der Waals surface area contributed by atoms with Crippen LogP contribution in [0.15, 0.2) is 48.5 Å². The first-order valence-electron chi connectivity index (χ1n) is 9.94. The van der Waals surface area contributed by atoms with Crippen molar-refractivity contribution in [3.8, 4) is 0 Å². The minimum atomic E-state index is -0.394. The van der Waals surface area contributed by atoms with Crippen LogP contribution in [0.1, 0.15) is 60.8 Å². The van der Waals surface area contributed by atoms with Crippen molar-refractivity contribution in [2.75, 3.05) is 0 Å². The molecule has 0 spiro atoms. The second-order valence-corrected chi connectivity index (χ2v) is 8.33. The van der Waals surface area contributed by atoms with E-state index in [1.165, 1.54) is 11.1 Å². The summed E-state index contributed by atoms with van der Waals surface area (Å²) >= 11 is 0. The first-order chi connectivity index (χ1) is 13.0. The second-order valence-electron chi connectivity index (χ2n) is 8.33. The Bertz CT molecular complexity index is 798. The third-order valence-electron chi connectivity index (χ3n) is 6.04. The molecule has 0 amide bonds. The SMILES string of the molecule is CC1Cc2ccccc2C(C(=O)OC(=O)C2CC(C)Cc3ccccc32)C1. The highest BCUT2D eigenvalue weighted by Gasteiger charge is 2.36. The Labute approximate surface area is 160 Å². The minimum absolute atomic E-state index is 0.342. The first kappa shape index (κ1) is 18.0. The van der Waals surface area contributed by atoms with Gasteiger partial charge in [-0.2, -0.15) is 0 Å². The number of hydrogen-bond acceptors (Lipinski definition) is 3. The van der Waals surface area contributed by atoms with Gasteiger partial charge in [0.05, 0.1) is 11.8 Å². The van der Waals surface area contributed by atoms with Crippen LogP contribution in [0.5, 0.6) is 0 Å². The van der Waals surface area contributed by atoms with Crippen LogP contribution in [0.3, 0.4) is 0 Å². The zero-order chi connectivity index (χ0) is 19.0. The van der Waals surface area contributed by atoms with Crippen LogP contribution < -0.4 is 0 Å². The first-order valence-corrected chi connectivity index (χ1v) is 9.94. The lowest BCUT2D eigenvalue weighted by molar-refractivity contribution is -0.162. The molecule has 2 aliphatic rings. The average molecular weight is 362 g/mol. The van der Waals surface area contributed by atoms with E-state index in [0.717, 1.165) is 36.8 Å². The van der Waals surface area contributed by atoms with Crippen molar-refractivity contribution in [2.45, 2.75) is 51.4 Å². The zero-order valence-corrected chi connectivity index (χ0v) is 16.0. The number of ether oxygens (including phenoxy) is 1. The molecule has 0 fully saturated rings. The van der Waals surface area contributed by atoms with E-state index in [2.05, 4.69) is 26.0 Å². The molecule has 4 atom stereocenters. The van der Waals surface area contributed by atoms with Crippen molar-refractivity contribution in [2.24, 2.45) is 11.8 Å². The van der Waals surface area contributed by atoms with Crippen LogP contribution >= 0.6 is 0 Å². The van der Waals surface area contributed by atoms with Crippen molar-refractivity contribution in [1.29, 1.82) is 0 Å². The van der Waals surface area contributed by atoms with Gasteiger partial charge in [0.1, 0.15) is 0 Å². The summed E-state index contributed by atoms with van der Waals surface area (Å²) < 4.78 is 5.46. The summed E-state index contributed by atoms with van der Waals surface area (Å²) in [4.78, 5) is 25.8. The van der Waals surface area contributed by atoms with E-state index in [1.807, 2.05) is 36.4 Å². The van der Waals surface area contributed by atoms with Gasteiger partial charge in [-0.3, -0.25) is 9.59 Å². The summed E-state index contributed by atoms with van der Waals surface area (Å²) in [6, 6.07) is 16.1. The number of benzene rings is 2. The predicted octanol–water partition coefficient (Wildman–Crippen LogP) is 4.79. The lowest BCUT2D eigenvalue weighted by Crippen LogP contribution is -2.30. The largest absolute Gasteiger partial charge is 0.392 e. The number of hydrogen-bond donors (Lipinski definition) is 0. The Hall–Kier alpha value is -2.42. The molecule has 0 N–H and O–H groups in total. The number of carbonyl (C=O) groups excluding carboxylic acids is 2. The molecule has 2 aromatic carbocycles. The average Bonchev–Trinajstić information content (AvgIpc) is 2.66. The third-order valence-corrected chi connectivity index (χ3v) is 6.04. The van der Waals surface area contributed by atoms with Gasteiger partial charge in [0.15, 0.2) is 0 Å². The zero-order valence-electron chi connectivity index (χ0n) is 16.0. The van der Waals surface area contributed by atoms with E-state index >= 15 is 0 Å². The molecule has 2 aromatic rings. The van der Waals surface area contributed by atoms with E-state index in [0.29, 0.717) is 11.8 Å². The molecule has 0 radical (unpaired) electrons. The fourth-order valence-corrected chi connectivity index (χ4v) is 4.78. The molecule has 0 saturated carbocycles. The molecular formula is C24H26O3. The highest BCUT2D eigenvalue weighted by atomic mass is 16.6. The summed E-state index contributed by atoms with van der Waals surface area (Å²) in [7, 11) is 0. The summed E-state index contributed by atoms with van der Waals surface area (Å²) in [5.74, 6) is -0.661. The smallest absolute Gasteiger partial charge is 0.321 e. The van der Waals surface area contributed by atoms with E-state index < -0.39 is 11.9 Å². The van der Waals surface area contributed by atoms with Crippen molar-refractivity contribution in [3.63, 3.8) is 0 Å². The van der Waals surface area contributed by atoms with Crippen LogP contribution in [0.25, 0.3) is 0 Å². The molecule has 0 heterocycles. The maximum absolute atomic E-state index is 12.9. The standard InChI is InChI=1S/C24H26O3/c1-15-11-17-7-3-5-9-19(17)21(13-15)23(25)27-24(26)22-14-16(2)12-18-8-4-6-10-20(18)22/h3-10,15-16,21-22H,11-14H2,1-2H3. The van der Waals surface area contributed by atoms with Gasteiger partial charge in [0.25, 0.3) is 0 Å². The van der Waals surface area contributed by atoms with Gasteiger partial charge >= 0.3 is 11.9 Å². The molecule has 2 aliphatic carbocycles. The molecule has 3 heteroatoms. The topological polar surface area (TPSA) is 43.4 Å². The van der Waals surface area contributed by atoms with E-state index in [4.69, 9.17) is 4.74 Å². The van der Waals surface area contributed by atoms with Gasteiger partial charge in [0.2, 0.25) is 0 Å². The number of esters is 2. The van der Waals surface area contributed by atoms with Crippen molar-refractivity contribution in [1.82, 2.24) is 0 Å². The Morgan fingerprint density at radius 2 is 1.15 bits per heavy atom. The Balaban J connectivity index is 1.55. The highest BCUT2D eigenvalue weighted by molar-refractivity contribution is 5.93. The van der Waals surface area contributed by atoms with Crippen LogP contribution in [-0.4, -0.2) is 11.9 Å². The Morgan fingerprint density at radius 3 is 1.59 bits per heavy atom. The molecule has 0 saturated heterocycles. The van der Waals surface area contributed by atoms with E-state index in [1.54, 1.807) is 0 Å². The number of carbonyl (C=O) groups is 2. The van der Waals surface area contributed by atoms with Gasteiger partial charge in [0, 0.05) is 0 Å². The fraction of sp³-hybridized carbons (Fsp3) is 0.417. The third kappa shape index (κ3) is 3.55. The highest BCUT2D eigenvalue weighted by Crippen LogP contribution is 2.38. The quantitative estimate of drug-likeness (QED) is 0.570. The molecule has 27 heavy (non-hydrogen) atoms. The van der Waals surface area contributed by atoms with Gasteiger partial charge < -0.3 is 4.74 Å². The van der Waals surface area contributed by atoms with Crippen molar-refractivity contribution in [3.05, 3.63) is 70.8 Å². The Morgan fingerprint density at radius 1 is 0.741 bits per heavy atom. The molecule has 4 rings (SSSR count). The summed E-state index contributed by atoms with van der Waals surface area (Å²) in [6.45, 7) is 4.30. The summed E-state index contributed by atoms with van der Waals surface area (Å²) in [5.41, 5.74) is 4.43. The van der Waals surface area contributed by atoms with Crippen molar-refractivity contribution >= 4 is 11.9 Å². The van der Waals surface area contributed by atoms with Crippen LogP contribution in [0.2, 0.25) is 0 Å². The van der Waals surface area contributed by atoms with Gasteiger partial charge in [-0.1, -0.05) is 62.4 Å². The van der Waals surface area contributed by atoms with Crippen LogP contribution in [-0.2, 0) is 27.2 Å². The number of fused-ring (bicyclic) bond motifs is 2. The van der Waals surface area contributed by atoms with Crippen molar-refractivity contribution < 1.29 is 14.3 Å². The van der Waals surface area contributed by atoms with E-state index in [9.17, 15) is 9.59 Å². The Kier molecular flexibility index (Phi) is 4.86. The fourth-order valence-electron chi connectivity index (χ4n) is 4.78. The maximum atomic E-state index is 12.9. The van der Waals surface area contributed by atoms with Gasteiger partial charge in [-0.15, -0.1) is 0 Å². The van der Waals surface area contributed by atoms with Gasteiger partial charge in [-0.05, 0) is 59.8 Å². The van der Waals surface area contributed by atoms with Crippen LogP contribution in [0, 0.1) is 11.8 Å². The molecule has 4 unspecified atom stereocenters.